The van der Waals surface area contributed by atoms with E-state index in [0.29, 0.717) is 28.0 Å². The SMILES string of the molecule is COc1cc([C@H](Cc2c(Cl)c[n+](O)cc2Cl)c2cc(CN(C(=O)O[C@H]3CN4CCC3CC4)c3ccccc3F)ccc2C(=O)[O-])ccc1OC(F)F. The molecule has 4 aromatic rings. The van der Waals surface area contributed by atoms with E-state index in [1.807, 2.05) is 0 Å². The number of aromatic carboxylic acids is 1. The van der Waals surface area contributed by atoms with Gasteiger partial charge in [0.25, 0.3) is 0 Å². The first-order valence-electron chi connectivity index (χ1n) is 16.4. The molecule has 15 heteroatoms. The van der Waals surface area contributed by atoms with Crippen molar-refractivity contribution in [2.24, 2.45) is 5.92 Å². The maximum absolute atomic E-state index is 15.3. The van der Waals surface area contributed by atoms with Crippen LogP contribution in [0.2, 0.25) is 10.0 Å². The topological polar surface area (TPSA) is 115 Å². The number of carboxylic acids is 1. The molecule has 0 radical (unpaired) electrons. The average molecular weight is 761 g/mol. The molecule has 3 saturated heterocycles. The number of nitrogens with zero attached hydrogens (tertiary/aromatic N) is 3. The Morgan fingerprint density at radius 3 is 2.37 bits per heavy atom. The highest BCUT2D eigenvalue weighted by atomic mass is 35.5. The third-order valence-electron chi connectivity index (χ3n) is 9.55. The van der Waals surface area contributed by atoms with Gasteiger partial charge in [-0.1, -0.05) is 59.6 Å². The van der Waals surface area contributed by atoms with Crippen LogP contribution in [0, 0.1) is 11.7 Å². The Labute approximate surface area is 307 Å². The summed E-state index contributed by atoms with van der Waals surface area (Å²) in [6.07, 6.45) is 2.99. The molecule has 3 aliphatic rings. The number of amides is 1. The number of benzene rings is 3. The first-order chi connectivity index (χ1) is 24.9. The van der Waals surface area contributed by atoms with Gasteiger partial charge in [0.2, 0.25) is 12.4 Å². The Bertz CT molecular complexity index is 1940. The number of fused-ring (bicyclic) bond motifs is 3. The zero-order valence-electron chi connectivity index (χ0n) is 27.8. The first kappa shape index (κ1) is 37.1. The summed E-state index contributed by atoms with van der Waals surface area (Å²) in [6.45, 7) is -0.913. The molecule has 274 valence electrons. The molecule has 0 saturated carbocycles. The molecular formula is C37H34Cl2F3N3O7. The number of aromatic nitrogens is 1. The van der Waals surface area contributed by atoms with Gasteiger partial charge in [0.1, 0.15) is 22.0 Å². The number of methoxy groups -OCH3 is 1. The zero-order valence-corrected chi connectivity index (χ0v) is 29.3. The van der Waals surface area contributed by atoms with E-state index in [0.717, 1.165) is 25.9 Å². The van der Waals surface area contributed by atoms with Crippen LogP contribution in [-0.4, -0.2) is 61.6 Å². The highest BCUT2D eigenvalue weighted by Gasteiger charge is 2.38. The number of hydrogen-bond donors (Lipinski definition) is 1. The van der Waals surface area contributed by atoms with E-state index in [2.05, 4.69) is 9.64 Å². The lowest BCUT2D eigenvalue weighted by molar-refractivity contribution is -0.904. The summed E-state index contributed by atoms with van der Waals surface area (Å²) in [6, 6.07) is 14.2. The van der Waals surface area contributed by atoms with Gasteiger partial charge in [0, 0.05) is 28.3 Å². The summed E-state index contributed by atoms with van der Waals surface area (Å²) >= 11 is 13.0. The summed E-state index contributed by atoms with van der Waals surface area (Å²) in [5, 5.41) is 22.7. The van der Waals surface area contributed by atoms with Gasteiger partial charge in [-0.05, 0) is 79.2 Å². The third-order valence-corrected chi connectivity index (χ3v) is 10.2. The van der Waals surface area contributed by atoms with Crippen molar-refractivity contribution in [1.29, 1.82) is 0 Å². The highest BCUT2D eigenvalue weighted by molar-refractivity contribution is 6.35. The lowest BCUT2D eigenvalue weighted by atomic mass is 9.82. The summed E-state index contributed by atoms with van der Waals surface area (Å²) in [7, 11) is 1.26. The standard InChI is InChI=1S/C37H34Cl2F3N3O7/c1-50-33-15-23(7-9-32(33)51-36(41)42)25(16-27-28(38)18-44(49)19-29(27)39)26-14-21(6-8-24(26)35(46)47)17-45(31-5-3-2-4-30(31)40)37(48)52-34-20-43-12-10-22(34)11-13-43/h2-9,14-15,18-19,22,25,34,36H,10-13,16-17,20H2,1H3,(H-,46,47,49)/t25-,34-/m0/s1. The first-order valence-corrected chi connectivity index (χ1v) is 17.2. The van der Waals surface area contributed by atoms with Crippen LogP contribution in [0.5, 0.6) is 11.5 Å². The molecule has 1 aromatic heterocycles. The minimum atomic E-state index is -3.14. The van der Waals surface area contributed by atoms with Gasteiger partial charge >= 0.3 is 12.7 Å². The number of anilines is 1. The molecular weight excluding hydrogens is 726 g/mol. The van der Waals surface area contributed by atoms with Crippen LogP contribution < -0.4 is 24.2 Å². The van der Waals surface area contributed by atoms with E-state index >= 15 is 4.39 Å². The summed E-state index contributed by atoms with van der Waals surface area (Å²) in [5.41, 5.74) is 1.04. The van der Waals surface area contributed by atoms with Gasteiger partial charge in [0.05, 0.1) is 25.3 Å². The second-order valence-electron chi connectivity index (χ2n) is 12.7. The van der Waals surface area contributed by atoms with Crippen LogP contribution >= 0.6 is 23.2 Å². The number of rotatable bonds is 12. The molecule has 3 fully saturated rings. The third kappa shape index (κ3) is 8.16. The minimum absolute atomic E-state index is 0.0321. The normalized spacial score (nSPS) is 18.6. The van der Waals surface area contributed by atoms with Crippen molar-refractivity contribution in [3.05, 3.63) is 117 Å². The van der Waals surface area contributed by atoms with E-state index in [1.165, 1.54) is 79.0 Å². The van der Waals surface area contributed by atoms with Crippen LogP contribution in [0.1, 0.15) is 51.4 Å². The van der Waals surface area contributed by atoms with E-state index in [1.54, 1.807) is 6.07 Å². The number of carbonyl (C=O) groups is 2. The van der Waals surface area contributed by atoms with Crippen molar-refractivity contribution < 1.29 is 52.0 Å². The number of alkyl halides is 2. The predicted octanol–water partition coefficient (Wildman–Crippen LogP) is 6.24. The van der Waals surface area contributed by atoms with E-state index in [9.17, 15) is 28.7 Å². The number of carboxylic acid groups (broad SMARTS) is 1. The van der Waals surface area contributed by atoms with Gasteiger partial charge in [-0.25, -0.2) is 9.18 Å². The molecule has 0 aliphatic carbocycles. The Balaban J connectivity index is 1.43. The largest absolute Gasteiger partial charge is 0.545 e. The monoisotopic (exact) mass is 759 g/mol. The van der Waals surface area contributed by atoms with Crippen molar-refractivity contribution >= 4 is 41.0 Å². The Morgan fingerprint density at radius 2 is 1.75 bits per heavy atom. The Kier molecular flexibility index (Phi) is 11.3. The number of halogens is 5. The zero-order chi connectivity index (χ0) is 37.1. The van der Waals surface area contributed by atoms with Crippen LogP contribution in [0.3, 0.4) is 0 Å². The molecule has 3 aliphatic heterocycles. The highest BCUT2D eigenvalue weighted by Crippen LogP contribution is 2.40. The van der Waals surface area contributed by atoms with E-state index < -0.39 is 30.4 Å². The van der Waals surface area contributed by atoms with Crippen molar-refractivity contribution in [1.82, 2.24) is 4.90 Å². The molecule has 2 atom stereocenters. The second-order valence-corrected chi connectivity index (χ2v) is 13.5. The maximum atomic E-state index is 15.3. The lowest BCUT2D eigenvalue weighted by Crippen LogP contribution is -2.53. The van der Waals surface area contributed by atoms with Crippen molar-refractivity contribution in [3.63, 3.8) is 0 Å². The summed E-state index contributed by atoms with van der Waals surface area (Å²) in [5.74, 6) is -3.22. The van der Waals surface area contributed by atoms with Gasteiger partial charge in [-0.2, -0.15) is 8.78 Å². The van der Waals surface area contributed by atoms with Gasteiger partial charge < -0.3 is 24.1 Å². The van der Waals surface area contributed by atoms with Crippen molar-refractivity contribution in [2.75, 3.05) is 31.6 Å². The molecule has 3 aromatic carbocycles. The predicted molar refractivity (Wildman–Crippen MR) is 182 cm³/mol. The molecule has 1 amide bonds. The Hall–Kier alpha value is -4.72. The molecule has 1 N–H and O–H groups in total. The molecule has 2 bridgehead atoms. The molecule has 52 heavy (non-hydrogen) atoms. The Morgan fingerprint density at radius 1 is 1.04 bits per heavy atom. The van der Waals surface area contributed by atoms with Gasteiger partial charge in [0.15, 0.2) is 11.5 Å². The number of pyridine rings is 1. The number of para-hydroxylation sites is 1. The van der Waals surface area contributed by atoms with Crippen molar-refractivity contribution in [2.45, 2.75) is 44.4 Å². The van der Waals surface area contributed by atoms with Gasteiger partial charge in [-0.15, -0.1) is 0 Å². The molecule has 7 rings (SSSR count). The van der Waals surface area contributed by atoms with Crippen LogP contribution in [-0.2, 0) is 17.7 Å². The fraction of sp³-hybridized carbons (Fsp3) is 0.324. The summed E-state index contributed by atoms with van der Waals surface area (Å²) in [4.78, 5) is 29.9. The number of ether oxygens (including phenoxy) is 3. The van der Waals surface area contributed by atoms with E-state index in [4.69, 9.17) is 32.7 Å². The molecule has 0 spiro atoms. The number of carbonyl (C=O) groups excluding carboxylic acids is 2. The number of piperidine rings is 3. The van der Waals surface area contributed by atoms with Crippen molar-refractivity contribution in [3.8, 4) is 11.5 Å². The molecule has 4 heterocycles. The quantitative estimate of drug-likeness (QED) is 0.133. The maximum Gasteiger partial charge on any atom is 0.415 e. The lowest BCUT2D eigenvalue weighted by Gasteiger charge is -2.44. The molecule has 10 nitrogen and oxygen atoms in total. The average Bonchev–Trinajstić information content (AvgIpc) is 3.11. The second kappa shape index (κ2) is 15.9. The fourth-order valence-corrected chi connectivity index (χ4v) is 7.57. The van der Waals surface area contributed by atoms with Gasteiger partial charge in [-0.3, -0.25) is 15.0 Å². The minimum Gasteiger partial charge on any atom is -0.545 e. The van der Waals surface area contributed by atoms with Crippen LogP contribution in [0.4, 0.5) is 23.7 Å². The smallest absolute Gasteiger partial charge is 0.415 e. The van der Waals surface area contributed by atoms with E-state index in [-0.39, 0.29) is 63.3 Å². The summed E-state index contributed by atoms with van der Waals surface area (Å²) < 4.78 is 58.2. The fourth-order valence-electron chi connectivity index (χ4n) is 6.96. The van der Waals surface area contributed by atoms with Crippen LogP contribution in [0.25, 0.3) is 0 Å². The number of hydrogen-bond acceptors (Lipinski definition) is 8. The molecule has 0 unspecified atom stereocenters. The van der Waals surface area contributed by atoms with Crippen LogP contribution in [0.15, 0.2) is 73.1 Å².